The number of halogens is 1. The van der Waals surface area contributed by atoms with Gasteiger partial charge in [-0.3, -0.25) is 9.89 Å². The number of aryl methyl sites for hydroxylation is 2. The van der Waals surface area contributed by atoms with E-state index in [2.05, 4.69) is 21.4 Å². The number of carbonyl (C=O) groups is 1. The van der Waals surface area contributed by atoms with Crippen LogP contribution in [0.5, 0.6) is 11.5 Å². The first kappa shape index (κ1) is 25.8. The van der Waals surface area contributed by atoms with Crippen LogP contribution in [0.25, 0.3) is 11.1 Å². The lowest BCUT2D eigenvalue weighted by molar-refractivity contribution is -0.162. The van der Waals surface area contributed by atoms with Crippen molar-refractivity contribution in [1.29, 1.82) is 0 Å². The van der Waals surface area contributed by atoms with Crippen LogP contribution in [0.2, 0.25) is 5.02 Å². The van der Waals surface area contributed by atoms with Gasteiger partial charge in [0.05, 0.1) is 27.5 Å². The molecule has 1 amide bonds. The molecule has 0 radical (unpaired) electrons. The molecular weight excluding hydrogens is 474 g/mol. The number of aromatic nitrogens is 2. The Kier molecular flexibility index (Phi) is 6.92. The van der Waals surface area contributed by atoms with Gasteiger partial charge in [-0.15, -0.1) is 6.42 Å². The summed E-state index contributed by atoms with van der Waals surface area (Å²) in [4.78, 5) is 13.0. The van der Waals surface area contributed by atoms with Crippen LogP contribution in [0.4, 0.5) is 0 Å². The van der Waals surface area contributed by atoms with E-state index < -0.39 is 0 Å². The maximum absolute atomic E-state index is 13.0. The third kappa shape index (κ3) is 5.43. The SMILES string of the molecule is C#Cc1c(Oc2ccc(C(=O)NC3CC(C)(C)OC(C)(C)C3)cc2Cl)cccc1-c1c(C)n[nH]c1C. The van der Waals surface area contributed by atoms with E-state index in [9.17, 15) is 4.79 Å². The van der Waals surface area contributed by atoms with E-state index in [4.69, 9.17) is 27.5 Å². The number of carbonyl (C=O) groups excluding carboxylic acids is 1. The van der Waals surface area contributed by atoms with Crippen LogP contribution in [-0.2, 0) is 4.74 Å². The molecule has 2 N–H and O–H groups in total. The summed E-state index contributed by atoms with van der Waals surface area (Å²) in [7, 11) is 0. The molecule has 1 aromatic heterocycles. The minimum absolute atomic E-state index is 0.00159. The molecule has 0 saturated carbocycles. The number of terminal acetylenes is 1. The Balaban J connectivity index is 1.55. The van der Waals surface area contributed by atoms with E-state index in [1.165, 1.54) is 0 Å². The number of benzene rings is 2. The van der Waals surface area contributed by atoms with E-state index in [1.807, 2.05) is 53.7 Å². The number of nitrogens with zero attached hydrogens (tertiary/aromatic N) is 1. The summed E-state index contributed by atoms with van der Waals surface area (Å²) in [5.41, 5.74) is 4.02. The van der Waals surface area contributed by atoms with Crippen molar-refractivity contribution >= 4 is 17.5 Å². The van der Waals surface area contributed by atoms with Crippen molar-refractivity contribution < 1.29 is 14.3 Å². The van der Waals surface area contributed by atoms with Gasteiger partial charge in [0, 0.05) is 28.4 Å². The molecule has 1 aliphatic heterocycles. The van der Waals surface area contributed by atoms with Crippen LogP contribution in [0.1, 0.15) is 67.8 Å². The van der Waals surface area contributed by atoms with E-state index >= 15 is 0 Å². The van der Waals surface area contributed by atoms with Crippen molar-refractivity contribution in [3.8, 4) is 35.0 Å². The predicted octanol–water partition coefficient (Wildman–Crippen LogP) is 6.59. The highest BCUT2D eigenvalue weighted by Crippen LogP contribution is 2.38. The smallest absolute Gasteiger partial charge is 0.251 e. The zero-order chi connectivity index (χ0) is 26.3. The molecule has 0 aliphatic carbocycles. The Hall–Kier alpha value is -3.27. The Bertz CT molecular complexity index is 1310. The highest BCUT2D eigenvalue weighted by atomic mass is 35.5. The lowest BCUT2D eigenvalue weighted by Crippen LogP contribution is -2.52. The largest absolute Gasteiger partial charge is 0.454 e. The molecule has 3 aromatic rings. The number of nitrogens with one attached hydrogen (secondary N) is 2. The Morgan fingerprint density at radius 2 is 1.86 bits per heavy atom. The first-order valence-electron chi connectivity index (χ1n) is 12.0. The lowest BCUT2D eigenvalue weighted by Gasteiger charge is -2.45. The highest BCUT2D eigenvalue weighted by molar-refractivity contribution is 6.32. The molecule has 0 unspecified atom stereocenters. The number of amides is 1. The summed E-state index contributed by atoms with van der Waals surface area (Å²) in [6.45, 7) is 12.1. The Labute approximate surface area is 217 Å². The van der Waals surface area contributed by atoms with Crippen molar-refractivity contribution in [3.05, 3.63) is 63.9 Å². The second-order valence-corrected chi connectivity index (χ2v) is 11.0. The van der Waals surface area contributed by atoms with Gasteiger partial charge >= 0.3 is 0 Å². The van der Waals surface area contributed by atoms with Crippen molar-refractivity contribution in [2.24, 2.45) is 0 Å². The number of rotatable bonds is 5. The van der Waals surface area contributed by atoms with Crippen LogP contribution in [0.3, 0.4) is 0 Å². The Morgan fingerprint density at radius 1 is 1.17 bits per heavy atom. The van der Waals surface area contributed by atoms with Gasteiger partial charge in [-0.1, -0.05) is 29.7 Å². The van der Waals surface area contributed by atoms with E-state index in [1.54, 1.807) is 24.3 Å². The maximum Gasteiger partial charge on any atom is 0.251 e. The summed E-state index contributed by atoms with van der Waals surface area (Å²) in [5.74, 6) is 3.48. The average Bonchev–Trinajstić information content (AvgIpc) is 3.10. The topological polar surface area (TPSA) is 76.2 Å². The van der Waals surface area contributed by atoms with E-state index in [0.29, 0.717) is 27.6 Å². The second-order valence-electron chi connectivity index (χ2n) is 10.6. The minimum atomic E-state index is -0.314. The molecule has 1 fully saturated rings. The standard InChI is InChI=1S/C29H32ClN3O3/c1-8-21-22(26-17(2)32-33-18(26)3)10-9-11-24(21)35-25-13-12-19(14-23(25)30)27(34)31-20-15-28(4,5)36-29(6,7)16-20/h1,9-14,20H,15-16H2,2-7H3,(H,31,34)(H,32,33). The summed E-state index contributed by atoms with van der Waals surface area (Å²) in [6.07, 6.45) is 7.35. The molecule has 2 heterocycles. The predicted molar refractivity (Wildman–Crippen MR) is 143 cm³/mol. The van der Waals surface area contributed by atoms with Gasteiger partial charge in [-0.25, -0.2) is 0 Å². The van der Waals surface area contributed by atoms with E-state index in [0.717, 1.165) is 35.4 Å². The van der Waals surface area contributed by atoms with Crippen LogP contribution in [0, 0.1) is 26.2 Å². The maximum atomic E-state index is 13.0. The van der Waals surface area contributed by atoms with Crippen molar-refractivity contribution in [3.63, 3.8) is 0 Å². The first-order chi connectivity index (χ1) is 16.9. The molecule has 188 valence electrons. The second kappa shape index (κ2) is 9.65. The van der Waals surface area contributed by atoms with Gasteiger partial charge < -0.3 is 14.8 Å². The molecule has 6 nitrogen and oxygen atoms in total. The monoisotopic (exact) mass is 505 g/mol. The molecule has 0 atom stereocenters. The number of ether oxygens (including phenoxy) is 2. The molecule has 1 saturated heterocycles. The fourth-order valence-corrected chi connectivity index (χ4v) is 5.44. The van der Waals surface area contributed by atoms with Crippen LogP contribution < -0.4 is 10.1 Å². The third-order valence-corrected chi connectivity index (χ3v) is 6.64. The van der Waals surface area contributed by atoms with Gasteiger partial charge in [0.2, 0.25) is 0 Å². The molecule has 0 spiro atoms. The van der Waals surface area contributed by atoms with Gasteiger partial charge in [0.1, 0.15) is 11.5 Å². The normalized spacial score (nSPS) is 16.8. The van der Waals surface area contributed by atoms with Crippen LogP contribution >= 0.6 is 11.6 Å². The fourth-order valence-electron chi connectivity index (χ4n) is 5.23. The molecule has 0 bridgehead atoms. The van der Waals surface area contributed by atoms with Crippen LogP contribution in [0.15, 0.2) is 36.4 Å². The zero-order valence-corrected chi connectivity index (χ0v) is 22.3. The first-order valence-corrected chi connectivity index (χ1v) is 12.4. The van der Waals surface area contributed by atoms with Gasteiger partial charge in [0.25, 0.3) is 5.91 Å². The van der Waals surface area contributed by atoms with Gasteiger partial charge in [-0.2, -0.15) is 5.10 Å². The highest BCUT2D eigenvalue weighted by Gasteiger charge is 2.39. The molecule has 36 heavy (non-hydrogen) atoms. The third-order valence-electron chi connectivity index (χ3n) is 6.35. The molecule has 7 heteroatoms. The number of H-pyrrole nitrogens is 1. The van der Waals surface area contributed by atoms with Crippen molar-refractivity contribution in [2.45, 2.75) is 71.6 Å². The number of hydrogen-bond acceptors (Lipinski definition) is 4. The Morgan fingerprint density at radius 3 is 2.44 bits per heavy atom. The average molecular weight is 506 g/mol. The molecular formula is C29H32ClN3O3. The van der Waals surface area contributed by atoms with Gasteiger partial charge in [-0.05, 0) is 78.6 Å². The fraction of sp³-hybridized carbons (Fsp3) is 0.379. The van der Waals surface area contributed by atoms with Crippen molar-refractivity contribution in [2.75, 3.05) is 0 Å². The molecule has 2 aromatic carbocycles. The van der Waals surface area contributed by atoms with Crippen molar-refractivity contribution in [1.82, 2.24) is 15.5 Å². The molecule has 1 aliphatic rings. The lowest BCUT2D eigenvalue weighted by atomic mass is 9.85. The summed E-state index contributed by atoms with van der Waals surface area (Å²) >= 11 is 6.55. The summed E-state index contributed by atoms with van der Waals surface area (Å²) in [6, 6.07) is 10.6. The number of hydrogen-bond donors (Lipinski definition) is 2. The minimum Gasteiger partial charge on any atom is -0.454 e. The quantitative estimate of drug-likeness (QED) is 0.384. The summed E-state index contributed by atoms with van der Waals surface area (Å²) < 4.78 is 12.3. The van der Waals surface area contributed by atoms with E-state index in [-0.39, 0.29) is 23.2 Å². The van der Waals surface area contributed by atoms with Gasteiger partial charge in [0.15, 0.2) is 0 Å². The zero-order valence-electron chi connectivity index (χ0n) is 21.6. The molecule has 4 rings (SSSR count). The van der Waals surface area contributed by atoms with Crippen LogP contribution in [-0.4, -0.2) is 33.3 Å². The number of aromatic amines is 1. The summed E-state index contributed by atoms with van der Waals surface area (Å²) in [5, 5.41) is 10.7.